The molecule has 2 aromatic rings. The molecule has 2 heterocycles. The van der Waals surface area contributed by atoms with Crippen LogP contribution in [0.25, 0.3) is 11.5 Å². The van der Waals surface area contributed by atoms with E-state index in [1.807, 2.05) is 24.3 Å². The minimum atomic E-state index is -0.0357. The summed E-state index contributed by atoms with van der Waals surface area (Å²) in [5.74, 6) is 1.03. The summed E-state index contributed by atoms with van der Waals surface area (Å²) in [4.78, 5) is 19.5. The Bertz CT molecular complexity index is 790. The summed E-state index contributed by atoms with van der Waals surface area (Å²) >= 11 is 0. The Labute approximate surface area is 165 Å². The number of nitrogens with one attached hydrogen (secondary N) is 1. The van der Waals surface area contributed by atoms with Crippen LogP contribution in [0, 0.1) is 6.92 Å². The number of nitrogens with zero attached hydrogens (tertiary/aromatic N) is 3. The van der Waals surface area contributed by atoms with Gasteiger partial charge in [0, 0.05) is 36.3 Å². The molecule has 7 nitrogen and oxygen atoms in total. The summed E-state index contributed by atoms with van der Waals surface area (Å²) in [5, 5.41) is 7.00. The van der Waals surface area contributed by atoms with E-state index in [1.165, 1.54) is 19.3 Å². The van der Waals surface area contributed by atoms with Gasteiger partial charge in [0.25, 0.3) is 11.8 Å². The van der Waals surface area contributed by atoms with Crippen molar-refractivity contribution in [2.75, 3.05) is 32.8 Å². The van der Waals surface area contributed by atoms with E-state index < -0.39 is 0 Å². The number of aryl methyl sites for hydroxylation is 1. The van der Waals surface area contributed by atoms with E-state index in [0.29, 0.717) is 23.8 Å². The minimum absolute atomic E-state index is 0.0357. The highest BCUT2D eigenvalue weighted by molar-refractivity contribution is 5.94. The maximum absolute atomic E-state index is 12.8. The monoisotopic (exact) mass is 384 g/mol. The van der Waals surface area contributed by atoms with Crippen molar-refractivity contribution in [2.24, 2.45) is 0 Å². The first kappa shape index (κ1) is 19.1. The average Bonchev–Trinajstić information content (AvgIpc) is 3.20. The fraction of sp³-hybridized carbons (Fsp3) is 0.571. The lowest BCUT2D eigenvalue weighted by Crippen LogP contribution is -2.59. The molecule has 28 heavy (non-hydrogen) atoms. The molecule has 0 radical (unpaired) electrons. The molecule has 0 bridgehead atoms. The maximum Gasteiger partial charge on any atom is 0.257 e. The van der Waals surface area contributed by atoms with Gasteiger partial charge in [0.1, 0.15) is 0 Å². The van der Waals surface area contributed by atoms with Crippen molar-refractivity contribution in [3.8, 4) is 11.5 Å². The number of rotatable bonds is 5. The SMILES string of the molecule is Cc1noc(-c2ccc(C(=O)NCC3(N4CCOCC4)CCCCC3)cc2)n1. The van der Waals surface area contributed by atoms with Gasteiger partial charge in [-0.15, -0.1) is 0 Å². The molecule has 150 valence electrons. The second kappa shape index (κ2) is 8.41. The maximum atomic E-state index is 12.8. The van der Waals surface area contributed by atoms with Gasteiger partial charge in [-0.1, -0.05) is 24.4 Å². The van der Waals surface area contributed by atoms with Crippen molar-refractivity contribution < 1.29 is 14.1 Å². The van der Waals surface area contributed by atoms with Crippen molar-refractivity contribution in [3.05, 3.63) is 35.7 Å². The first-order chi connectivity index (χ1) is 13.7. The molecule has 1 amide bonds. The van der Waals surface area contributed by atoms with Crippen LogP contribution in [0.1, 0.15) is 48.3 Å². The van der Waals surface area contributed by atoms with Gasteiger partial charge in [0.2, 0.25) is 0 Å². The van der Waals surface area contributed by atoms with E-state index in [4.69, 9.17) is 9.26 Å². The van der Waals surface area contributed by atoms with Crippen LogP contribution in [-0.4, -0.2) is 59.3 Å². The number of amides is 1. The highest BCUT2D eigenvalue weighted by Gasteiger charge is 2.38. The Morgan fingerprint density at radius 1 is 1.14 bits per heavy atom. The van der Waals surface area contributed by atoms with E-state index in [1.54, 1.807) is 6.92 Å². The molecule has 1 aromatic heterocycles. The Hall–Kier alpha value is -2.25. The van der Waals surface area contributed by atoms with Gasteiger partial charge in [-0.25, -0.2) is 0 Å². The molecule has 2 aliphatic rings. The molecule has 1 aliphatic carbocycles. The molecule has 1 aliphatic heterocycles. The van der Waals surface area contributed by atoms with Gasteiger partial charge in [0.05, 0.1) is 13.2 Å². The van der Waals surface area contributed by atoms with Crippen LogP contribution in [0.2, 0.25) is 0 Å². The van der Waals surface area contributed by atoms with Crippen LogP contribution in [0.15, 0.2) is 28.8 Å². The highest BCUT2D eigenvalue weighted by atomic mass is 16.5. The number of ether oxygens (including phenoxy) is 1. The Morgan fingerprint density at radius 2 is 1.86 bits per heavy atom. The van der Waals surface area contributed by atoms with E-state index >= 15 is 0 Å². The topological polar surface area (TPSA) is 80.5 Å². The number of carbonyl (C=O) groups is 1. The lowest BCUT2D eigenvalue weighted by atomic mass is 9.79. The van der Waals surface area contributed by atoms with E-state index in [0.717, 1.165) is 44.7 Å². The van der Waals surface area contributed by atoms with Gasteiger partial charge in [-0.3, -0.25) is 9.69 Å². The molecule has 1 saturated heterocycles. The van der Waals surface area contributed by atoms with Crippen LogP contribution < -0.4 is 5.32 Å². The lowest BCUT2D eigenvalue weighted by Gasteiger charge is -2.48. The molecule has 0 spiro atoms. The van der Waals surface area contributed by atoms with Gasteiger partial charge in [0.15, 0.2) is 5.82 Å². The number of carbonyl (C=O) groups excluding carboxylic acids is 1. The second-order valence-electron chi connectivity index (χ2n) is 7.79. The number of hydrogen-bond acceptors (Lipinski definition) is 6. The molecule has 2 fully saturated rings. The Morgan fingerprint density at radius 3 is 2.50 bits per heavy atom. The van der Waals surface area contributed by atoms with Crippen molar-refractivity contribution >= 4 is 5.91 Å². The van der Waals surface area contributed by atoms with Crippen molar-refractivity contribution in [3.63, 3.8) is 0 Å². The first-order valence-electron chi connectivity index (χ1n) is 10.2. The van der Waals surface area contributed by atoms with E-state index in [9.17, 15) is 4.79 Å². The molecular weight excluding hydrogens is 356 g/mol. The Kier molecular flexibility index (Phi) is 5.73. The van der Waals surface area contributed by atoms with Gasteiger partial charge >= 0.3 is 0 Å². The zero-order valence-electron chi connectivity index (χ0n) is 16.4. The molecular formula is C21H28N4O3. The third-order valence-electron chi connectivity index (χ3n) is 5.97. The van der Waals surface area contributed by atoms with E-state index in [-0.39, 0.29) is 11.4 Å². The number of hydrogen-bond donors (Lipinski definition) is 1. The van der Waals surface area contributed by atoms with Gasteiger partial charge < -0.3 is 14.6 Å². The number of morpholine rings is 1. The zero-order valence-corrected chi connectivity index (χ0v) is 16.4. The smallest absolute Gasteiger partial charge is 0.257 e. The molecule has 1 aromatic carbocycles. The fourth-order valence-electron chi connectivity index (χ4n) is 4.38. The average molecular weight is 384 g/mol. The third-order valence-corrected chi connectivity index (χ3v) is 5.97. The lowest BCUT2D eigenvalue weighted by molar-refractivity contribution is -0.0361. The van der Waals surface area contributed by atoms with Crippen LogP contribution in [0.5, 0.6) is 0 Å². The molecule has 4 rings (SSSR count). The van der Waals surface area contributed by atoms with Crippen molar-refractivity contribution in [1.29, 1.82) is 0 Å². The summed E-state index contributed by atoms with van der Waals surface area (Å²) in [7, 11) is 0. The third kappa shape index (κ3) is 4.10. The van der Waals surface area contributed by atoms with Gasteiger partial charge in [-0.2, -0.15) is 4.98 Å². The largest absolute Gasteiger partial charge is 0.379 e. The molecule has 0 atom stereocenters. The fourth-order valence-corrected chi connectivity index (χ4v) is 4.38. The highest BCUT2D eigenvalue weighted by Crippen LogP contribution is 2.34. The molecule has 0 unspecified atom stereocenters. The van der Waals surface area contributed by atoms with Crippen LogP contribution in [-0.2, 0) is 4.74 Å². The summed E-state index contributed by atoms with van der Waals surface area (Å²) < 4.78 is 10.7. The predicted molar refractivity (Wildman–Crippen MR) is 105 cm³/mol. The molecule has 7 heteroatoms. The summed E-state index contributed by atoms with van der Waals surface area (Å²) in [6, 6.07) is 7.32. The van der Waals surface area contributed by atoms with E-state index in [2.05, 4.69) is 20.4 Å². The quantitative estimate of drug-likeness (QED) is 0.854. The number of benzene rings is 1. The molecule has 1 N–H and O–H groups in total. The number of aromatic nitrogens is 2. The molecule has 1 saturated carbocycles. The Balaban J connectivity index is 1.41. The summed E-state index contributed by atoms with van der Waals surface area (Å²) in [5.41, 5.74) is 1.53. The standard InChI is InChI=1S/C21H28N4O3/c1-16-23-20(28-24-16)18-7-5-17(6-8-18)19(26)22-15-21(9-3-2-4-10-21)25-11-13-27-14-12-25/h5-8H,2-4,9-15H2,1H3,(H,22,26). The summed E-state index contributed by atoms with van der Waals surface area (Å²) in [6.45, 7) is 5.95. The van der Waals surface area contributed by atoms with Crippen LogP contribution in [0.4, 0.5) is 0 Å². The van der Waals surface area contributed by atoms with Crippen molar-refractivity contribution in [1.82, 2.24) is 20.4 Å². The minimum Gasteiger partial charge on any atom is -0.379 e. The second-order valence-corrected chi connectivity index (χ2v) is 7.79. The van der Waals surface area contributed by atoms with Crippen LogP contribution >= 0.6 is 0 Å². The van der Waals surface area contributed by atoms with Crippen LogP contribution in [0.3, 0.4) is 0 Å². The van der Waals surface area contributed by atoms with Crippen molar-refractivity contribution in [2.45, 2.75) is 44.6 Å². The van der Waals surface area contributed by atoms with Gasteiger partial charge in [-0.05, 0) is 44.0 Å². The summed E-state index contributed by atoms with van der Waals surface area (Å²) in [6.07, 6.45) is 6.03. The predicted octanol–water partition coefficient (Wildman–Crippen LogP) is 2.81. The normalized spacial score (nSPS) is 20.0. The zero-order chi connectivity index (χ0) is 19.4. The first-order valence-corrected chi connectivity index (χ1v) is 10.2.